The quantitative estimate of drug-likeness (QED) is 0.527. The van der Waals surface area contributed by atoms with E-state index in [9.17, 15) is 14.7 Å². The second-order valence-electron chi connectivity index (χ2n) is 5.94. The molecule has 0 spiro atoms. The van der Waals surface area contributed by atoms with E-state index >= 15 is 0 Å². The fourth-order valence-corrected chi connectivity index (χ4v) is 3.05. The largest absolute Gasteiger partial charge is 0.477 e. The van der Waals surface area contributed by atoms with Gasteiger partial charge in [0.05, 0.1) is 11.9 Å². The molecule has 2 aromatic heterocycles. The summed E-state index contributed by atoms with van der Waals surface area (Å²) in [6, 6.07) is 18.4. The molecule has 2 aromatic carbocycles. The lowest BCUT2D eigenvalue weighted by Gasteiger charge is -2.06. The van der Waals surface area contributed by atoms with Crippen LogP contribution in [0.3, 0.4) is 0 Å². The van der Waals surface area contributed by atoms with Gasteiger partial charge in [0.15, 0.2) is 0 Å². The second kappa shape index (κ2) is 6.33. The van der Waals surface area contributed by atoms with Crippen molar-refractivity contribution in [3.8, 4) is 0 Å². The fourth-order valence-electron chi connectivity index (χ4n) is 3.05. The normalized spacial score (nSPS) is 10.9. The Labute approximate surface area is 148 Å². The average molecular weight is 345 g/mol. The summed E-state index contributed by atoms with van der Waals surface area (Å²) >= 11 is 0. The molecule has 0 unspecified atom stereocenters. The summed E-state index contributed by atoms with van der Waals surface area (Å²) in [4.78, 5) is 31.2. The van der Waals surface area contributed by atoms with Crippen molar-refractivity contribution in [2.24, 2.45) is 0 Å². The van der Waals surface area contributed by atoms with Crippen molar-refractivity contribution in [2.45, 2.75) is 6.42 Å². The van der Waals surface area contributed by atoms with E-state index in [0.29, 0.717) is 16.9 Å². The Morgan fingerprint density at radius 2 is 1.77 bits per heavy atom. The lowest BCUT2D eigenvalue weighted by Crippen LogP contribution is -2.16. The molecule has 4 rings (SSSR count). The van der Waals surface area contributed by atoms with Gasteiger partial charge < -0.3 is 15.4 Å². The molecule has 4 aromatic rings. The zero-order valence-electron chi connectivity index (χ0n) is 13.7. The van der Waals surface area contributed by atoms with Gasteiger partial charge in [-0.3, -0.25) is 4.79 Å². The molecule has 0 atom stereocenters. The molecule has 0 aliphatic carbocycles. The molecule has 128 valence electrons. The predicted octanol–water partition coefficient (Wildman–Crippen LogP) is 3.60. The van der Waals surface area contributed by atoms with Gasteiger partial charge in [-0.05, 0) is 24.3 Å². The molecule has 0 radical (unpaired) electrons. The van der Waals surface area contributed by atoms with Crippen molar-refractivity contribution >= 4 is 39.5 Å². The summed E-state index contributed by atoms with van der Waals surface area (Å²) in [5, 5.41) is 13.9. The van der Waals surface area contributed by atoms with Crippen LogP contribution in [-0.4, -0.2) is 27.0 Å². The second-order valence-corrected chi connectivity index (χ2v) is 5.94. The number of aromatic carboxylic acids is 1. The van der Waals surface area contributed by atoms with Crippen LogP contribution in [0.1, 0.15) is 16.1 Å². The van der Waals surface area contributed by atoms with Gasteiger partial charge >= 0.3 is 5.97 Å². The van der Waals surface area contributed by atoms with Gasteiger partial charge in [-0.1, -0.05) is 36.4 Å². The minimum atomic E-state index is -1.09. The standard InChI is InChI=1S/C20H15N3O3/c24-18(23-17-10-9-12-5-1-3-7-15(12)21-17)11-14-13-6-2-4-8-16(13)22-19(14)20(25)26/h1-10,22H,11H2,(H,25,26)(H,21,23,24). The number of nitrogens with one attached hydrogen (secondary N) is 2. The summed E-state index contributed by atoms with van der Waals surface area (Å²) < 4.78 is 0. The number of hydrogen-bond donors (Lipinski definition) is 3. The molecule has 26 heavy (non-hydrogen) atoms. The number of amides is 1. The van der Waals surface area contributed by atoms with Crippen molar-refractivity contribution in [2.75, 3.05) is 5.32 Å². The number of fused-ring (bicyclic) bond motifs is 2. The summed E-state index contributed by atoms with van der Waals surface area (Å²) in [6.07, 6.45) is -0.0554. The van der Waals surface area contributed by atoms with E-state index in [1.807, 2.05) is 42.5 Å². The fraction of sp³-hybridized carbons (Fsp3) is 0.0500. The summed E-state index contributed by atoms with van der Waals surface area (Å²) in [5.74, 6) is -0.974. The molecule has 2 heterocycles. The van der Waals surface area contributed by atoms with Crippen LogP contribution in [0.4, 0.5) is 5.82 Å². The zero-order valence-corrected chi connectivity index (χ0v) is 13.7. The first-order valence-corrected chi connectivity index (χ1v) is 8.10. The lowest BCUT2D eigenvalue weighted by atomic mass is 10.1. The number of anilines is 1. The van der Waals surface area contributed by atoms with Gasteiger partial charge in [0.1, 0.15) is 11.5 Å². The van der Waals surface area contributed by atoms with Crippen molar-refractivity contribution in [1.29, 1.82) is 0 Å². The van der Waals surface area contributed by atoms with E-state index in [-0.39, 0.29) is 18.0 Å². The molecule has 6 nitrogen and oxygen atoms in total. The van der Waals surface area contributed by atoms with Crippen LogP contribution >= 0.6 is 0 Å². The number of carbonyl (C=O) groups is 2. The molecule has 0 saturated heterocycles. The number of H-pyrrole nitrogens is 1. The Morgan fingerprint density at radius 1 is 1.00 bits per heavy atom. The van der Waals surface area contributed by atoms with Gasteiger partial charge in [0, 0.05) is 21.9 Å². The van der Waals surface area contributed by atoms with Crippen molar-refractivity contribution in [1.82, 2.24) is 9.97 Å². The number of carboxylic acid groups (broad SMARTS) is 1. The summed E-state index contributed by atoms with van der Waals surface area (Å²) in [6.45, 7) is 0. The molecule has 0 aliphatic heterocycles. The Morgan fingerprint density at radius 3 is 2.62 bits per heavy atom. The van der Waals surface area contributed by atoms with Gasteiger partial charge in [-0.15, -0.1) is 0 Å². The molecular weight excluding hydrogens is 330 g/mol. The van der Waals surface area contributed by atoms with Crippen LogP contribution in [0.2, 0.25) is 0 Å². The van der Waals surface area contributed by atoms with E-state index in [0.717, 1.165) is 16.3 Å². The molecule has 6 heteroatoms. The van der Waals surface area contributed by atoms with Crippen LogP contribution in [0.5, 0.6) is 0 Å². The van der Waals surface area contributed by atoms with Gasteiger partial charge in [-0.2, -0.15) is 0 Å². The van der Waals surface area contributed by atoms with E-state index < -0.39 is 5.97 Å². The molecule has 3 N–H and O–H groups in total. The highest BCUT2D eigenvalue weighted by atomic mass is 16.4. The third-order valence-electron chi connectivity index (χ3n) is 4.23. The Bertz CT molecular complexity index is 1150. The smallest absolute Gasteiger partial charge is 0.352 e. The molecular formula is C20H15N3O3. The lowest BCUT2D eigenvalue weighted by molar-refractivity contribution is -0.115. The van der Waals surface area contributed by atoms with Crippen LogP contribution in [0, 0.1) is 0 Å². The minimum Gasteiger partial charge on any atom is -0.477 e. The number of carbonyl (C=O) groups excluding carboxylic acids is 1. The first-order chi connectivity index (χ1) is 12.6. The van der Waals surface area contributed by atoms with Crippen molar-refractivity contribution in [3.05, 3.63) is 71.9 Å². The molecule has 1 amide bonds. The van der Waals surface area contributed by atoms with E-state index in [1.54, 1.807) is 18.2 Å². The molecule has 0 bridgehead atoms. The van der Waals surface area contributed by atoms with E-state index in [4.69, 9.17) is 0 Å². The maximum Gasteiger partial charge on any atom is 0.352 e. The predicted molar refractivity (Wildman–Crippen MR) is 99.3 cm³/mol. The SMILES string of the molecule is O=C(Cc1c(C(=O)O)[nH]c2ccccc12)Nc1ccc2ccccc2n1. The number of para-hydroxylation sites is 2. The van der Waals surface area contributed by atoms with Gasteiger partial charge in [0.25, 0.3) is 0 Å². The highest BCUT2D eigenvalue weighted by Crippen LogP contribution is 2.23. The van der Waals surface area contributed by atoms with Gasteiger partial charge in [0.2, 0.25) is 5.91 Å². The molecule has 0 fully saturated rings. The van der Waals surface area contributed by atoms with Crippen LogP contribution in [0.15, 0.2) is 60.7 Å². The highest BCUT2D eigenvalue weighted by Gasteiger charge is 2.19. The zero-order chi connectivity index (χ0) is 18.1. The minimum absolute atomic E-state index is 0.0350. The summed E-state index contributed by atoms with van der Waals surface area (Å²) in [5.41, 5.74) is 1.97. The van der Waals surface area contributed by atoms with Crippen LogP contribution in [-0.2, 0) is 11.2 Å². The number of rotatable bonds is 4. The third kappa shape index (κ3) is 2.88. The first-order valence-electron chi connectivity index (χ1n) is 8.10. The maximum absolute atomic E-state index is 12.5. The Hall–Kier alpha value is -3.67. The Balaban J connectivity index is 1.62. The number of carboxylic acids is 1. The maximum atomic E-state index is 12.5. The number of nitrogens with zero attached hydrogens (tertiary/aromatic N) is 1. The number of aromatic nitrogens is 2. The van der Waals surface area contributed by atoms with E-state index in [2.05, 4.69) is 15.3 Å². The van der Waals surface area contributed by atoms with Crippen LogP contribution in [0.25, 0.3) is 21.8 Å². The van der Waals surface area contributed by atoms with Crippen LogP contribution < -0.4 is 5.32 Å². The monoisotopic (exact) mass is 345 g/mol. The Kier molecular flexibility index (Phi) is 3.85. The van der Waals surface area contributed by atoms with Gasteiger partial charge in [-0.25, -0.2) is 9.78 Å². The van der Waals surface area contributed by atoms with E-state index in [1.165, 1.54) is 0 Å². The average Bonchev–Trinajstić information content (AvgIpc) is 3.00. The topological polar surface area (TPSA) is 95.1 Å². The number of hydrogen-bond acceptors (Lipinski definition) is 3. The summed E-state index contributed by atoms with van der Waals surface area (Å²) in [7, 11) is 0. The third-order valence-corrected chi connectivity index (χ3v) is 4.23. The number of aromatic amines is 1. The molecule has 0 saturated carbocycles. The molecule has 0 aliphatic rings. The number of pyridine rings is 1. The highest BCUT2D eigenvalue weighted by molar-refractivity contribution is 6.02. The number of benzene rings is 2. The van der Waals surface area contributed by atoms with Crippen molar-refractivity contribution in [3.63, 3.8) is 0 Å². The van der Waals surface area contributed by atoms with Crippen molar-refractivity contribution < 1.29 is 14.7 Å². The first kappa shape index (κ1) is 15.8.